The number of ether oxygens (including phenoxy) is 1. The van der Waals surface area contributed by atoms with Gasteiger partial charge in [0.2, 0.25) is 0 Å². The molecule has 0 bridgehead atoms. The molecule has 0 aliphatic heterocycles. The smallest absolute Gasteiger partial charge is 0.416 e. The number of alkyl halides is 3. The van der Waals surface area contributed by atoms with Crippen LogP contribution in [0.25, 0.3) is 0 Å². The van der Waals surface area contributed by atoms with Gasteiger partial charge in [-0.05, 0) is 36.8 Å². The third-order valence-electron chi connectivity index (χ3n) is 3.43. The van der Waals surface area contributed by atoms with Crippen LogP contribution in [0.15, 0.2) is 42.5 Å². The zero-order valence-electron chi connectivity index (χ0n) is 13.7. The Hall–Kier alpha value is -3.10. The van der Waals surface area contributed by atoms with E-state index in [1.54, 1.807) is 6.92 Å². The summed E-state index contributed by atoms with van der Waals surface area (Å²) < 4.78 is 43.2. The number of rotatable bonds is 6. The highest BCUT2D eigenvalue weighted by atomic mass is 19.4. The molecule has 6 nitrogen and oxygen atoms in total. The van der Waals surface area contributed by atoms with Crippen LogP contribution in [0.3, 0.4) is 0 Å². The van der Waals surface area contributed by atoms with Gasteiger partial charge in [-0.2, -0.15) is 13.2 Å². The van der Waals surface area contributed by atoms with E-state index in [9.17, 15) is 28.1 Å². The van der Waals surface area contributed by atoms with E-state index in [2.05, 4.69) is 5.32 Å². The predicted molar refractivity (Wildman–Crippen MR) is 86.9 cm³/mol. The Labute approximate surface area is 146 Å². The van der Waals surface area contributed by atoms with Crippen molar-refractivity contribution in [3.8, 4) is 5.75 Å². The minimum atomic E-state index is -4.48. The quantitative estimate of drug-likeness (QED) is 0.618. The zero-order valence-corrected chi connectivity index (χ0v) is 13.7. The van der Waals surface area contributed by atoms with Gasteiger partial charge in [-0.25, -0.2) is 0 Å². The molecule has 2 aromatic carbocycles. The lowest BCUT2D eigenvalue weighted by Crippen LogP contribution is -2.23. The second-order valence-electron chi connectivity index (χ2n) is 5.25. The SMILES string of the molecule is CCOc1ccc(C(=O)NCc2cccc(C(F)(F)F)c2)cc1[N+](=O)[O-]. The van der Waals surface area contributed by atoms with Crippen LogP contribution in [0.5, 0.6) is 5.75 Å². The van der Waals surface area contributed by atoms with Crippen molar-refractivity contribution < 1.29 is 27.6 Å². The van der Waals surface area contributed by atoms with Gasteiger partial charge in [0.15, 0.2) is 5.75 Å². The lowest BCUT2D eigenvalue weighted by atomic mass is 10.1. The summed E-state index contributed by atoms with van der Waals surface area (Å²) >= 11 is 0. The number of nitrogens with one attached hydrogen (secondary N) is 1. The van der Waals surface area contributed by atoms with Gasteiger partial charge >= 0.3 is 11.9 Å². The maximum Gasteiger partial charge on any atom is 0.416 e. The Morgan fingerprint density at radius 1 is 1.23 bits per heavy atom. The second kappa shape index (κ2) is 7.85. The summed E-state index contributed by atoms with van der Waals surface area (Å²) in [6.07, 6.45) is -4.48. The largest absolute Gasteiger partial charge is 0.487 e. The van der Waals surface area contributed by atoms with Gasteiger partial charge in [-0.1, -0.05) is 12.1 Å². The van der Waals surface area contributed by atoms with Crippen LogP contribution < -0.4 is 10.1 Å². The molecule has 0 aliphatic carbocycles. The maximum atomic E-state index is 12.7. The molecular weight excluding hydrogens is 353 g/mol. The molecule has 1 N–H and O–H groups in total. The first-order chi connectivity index (χ1) is 12.2. The lowest BCUT2D eigenvalue weighted by Gasteiger charge is -2.10. The first kappa shape index (κ1) is 19.2. The molecule has 0 radical (unpaired) electrons. The standard InChI is InChI=1S/C17H15F3N2O4/c1-2-26-15-7-6-12(9-14(15)22(24)25)16(23)21-10-11-4-3-5-13(8-11)17(18,19)20/h3-9H,2,10H2,1H3,(H,21,23). The monoisotopic (exact) mass is 368 g/mol. The fourth-order valence-corrected chi connectivity index (χ4v) is 2.22. The van der Waals surface area contributed by atoms with Gasteiger partial charge in [0.25, 0.3) is 5.91 Å². The molecule has 0 spiro atoms. The van der Waals surface area contributed by atoms with Crippen LogP contribution in [0.2, 0.25) is 0 Å². The Bertz CT molecular complexity index is 822. The van der Waals surface area contributed by atoms with E-state index in [-0.39, 0.29) is 35.7 Å². The molecule has 0 aliphatic rings. The number of hydrogen-bond donors (Lipinski definition) is 1. The lowest BCUT2D eigenvalue weighted by molar-refractivity contribution is -0.385. The molecule has 9 heteroatoms. The van der Waals surface area contributed by atoms with Crippen LogP contribution in [0, 0.1) is 10.1 Å². The van der Waals surface area contributed by atoms with Crippen molar-refractivity contribution >= 4 is 11.6 Å². The Balaban J connectivity index is 2.13. The Morgan fingerprint density at radius 2 is 1.96 bits per heavy atom. The molecule has 0 heterocycles. The first-order valence-electron chi connectivity index (χ1n) is 7.58. The van der Waals surface area contributed by atoms with Gasteiger partial charge in [-0.3, -0.25) is 14.9 Å². The molecule has 1 amide bonds. The average molecular weight is 368 g/mol. The predicted octanol–water partition coefficient (Wildman–Crippen LogP) is 3.94. The minimum absolute atomic E-state index is 0.00660. The first-order valence-corrected chi connectivity index (χ1v) is 7.58. The fraction of sp³-hybridized carbons (Fsp3) is 0.235. The van der Waals surface area contributed by atoms with Crippen molar-refractivity contribution in [2.24, 2.45) is 0 Å². The second-order valence-corrected chi connectivity index (χ2v) is 5.25. The van der Waals surface area contributed by atoms with Crippen LogP contribution in [0.4, 0.5) is 18.9 Å². The number of amides is 1. The van der Waals surface area contributed by atoms with Crippen molar-refractivity contribution in [2.45, 2.75) is 19.6 Å². The van der Waals surface area contributed by atoms with Crippen molar-refractivity contribution in [3.63, 3.8) is 0 Å². The minimum Gasteiger partial charge on any atom is -0.487 e. The third-order valence-corrected chi connectivity index (χ3v) is 3.43. The zero-order chi connectivity index (χ0) is 19.3. The summed E-state index contributed by atoms with van der Waals surface area (Å²) in [5.74, 6) is -0.611. The molecule has 0 saturated carbocycles. The van der Waals surface area contributed by atoms with E-state index >= 15 is 0 Å². The Morgan fingerprint density at radius 3 is 2.58 bits per heavy atom. The van der Waals surface area contributed by atoms with Gasteiger partial charge in [0, 0.05) is 18.2 Å². The number of nitrogens with zero attached hydrogens (tertiary/aromatic N) is 1. The van der Waals surface area contributed by atoms with E-state index in [1.807, 2.05) is 0 Å². The molecule has 0 fully saturated rings. The number of nitro groups is 1. The molecule has 0 unspecified atom stereocenters. The summed E-state index contributed by atoms with van der Waals surface area (Å²) in [6.45, 7) is 1.74. The topological polar surface area (TPSA) is 81.5 Å². The average Bonchev–Trinajstić information content (AvgIpc) is 2.59. The van der Waals surface area contributed by atoms with E-state index in [0.717, 1.165) is 18.2 Å². The van der Waals surface area contributed by atoms with E-state index in [4.69, 9.17) is 4.74 Å². The van der Waals surface area contributed by atoms with Crippen LogP contribution >= 0.6 is 0 Å². The molecule has 138 valence electrons. The molecule has 0 aromatic heterocycles. The number of carbonyl (C=O) groups is 1. The van der Waals surface area contributed by atoms with E-state index in [0.29, 0.717) is 0 Å². The highest BCUT2D eigenvalue weighted by Gasteiger charge is 2.30. The number of carbonyl (C=O) groups excluding carboxylic acids is 1. The van der Waals surface area contributed by atoms with Gasteiger partial charge in [0.1, 0.15) is 0 Å². The fourth-order valence-electron chi connectivity index (χ4n) is 2.22. The number of benzene rings is 2. The van der Waals surface area contributed by atoms with Crippen molar-refractivity contribution in [3.05, 3.63) is 69.3 Å². The summed E-state index contributed by atoms with van der Waals surface area (Å²) in [4.78, 5) is 22.5. The van der Waals surface area contributed by atoms with E-state index < -0.39 is 22.6 Å². The van der Waals surface area contributed by atoms with Gasteiger partial charge < -0.3 is 10.1 Å². The highest BCUT2D eigenvalue weighted by molar-refractivity contribution is 5.95. The summed E-state index contributed by atoms with van der Waals surface area (Å²) in [5.41, 5.74) is -0.916. The highest BCUT2D eigenvalue weighted by Crippen LogP contribution is 2.30. The molecule has 0 atom stereocenters. The summed E-state index contributed by atoms with van der Waals surface area (Å²) in [7, 11) is 0. The van der Waals surface area contributed by atoms with Gasteiger partial charge in [0.05, 0.1) is 17.1 Å². The molecule has 2 aromatic rings. The maximum absolute atomic E-state index is 12.7. The summed E-state index contributed by atoms with van der Waals surface area (Å²) in [5, 5.41) is 13.5. The van der Waals surface area contributed by atoms with Crippen molar-refractivity contribution in [2.75, 3.05) is 6.61 Å². The van der Waals surface area contributed by atoms with Crippen LogP contribution in [-0.2, 0) is 12.7 Å². The normalized spacial score (nSPS) is 11.1. The van der Waals surface area contributed by atoms with Crippen molar-refractivity contribution in [1.29, 1.82) is 0 Å². The van der Waals surface area contributed by atoms with Crippen LogP contribution in [0.1, 0.15) is 28.4 Å². The molecule has 26 heavy (non-hydrogen) atoms. The Kier molecular flexibility index (Phi) is 5.81. The molecule has 2 rings (SSSR count). The van der Waals surface area contributed by atoms with E-state index in [1.165, 1.54) is 24.3 Å². The number of hydrogen-bond acceptors (Lipinski definition) is 4. The third kappa shape index (κ3) is 4.71. The molecule has 0 saturated heterocycles. The number of nitro benzene ring substituents is 1. The van der Waals surface area contributed by atoms with Crippen molar-refractivity contribution in [1.82, 2.24) is 5.32 Å². The van der Waals surface area contributed by atoms with Crippen LogP contribution in [-0.4, -0.2) is 17.4 Å². The number of halogens is 3. The van der Waals surface area contributed by atoms with Gasteiger partial charge in [-0.15, -0.1) is 0 Å². The summed E-state index contributed by atoms with van der Waals surface area (Å²) in [6, 6.07) is 8.26. The molecular formula is C17H15F3N2O4.